The normalized spacial score (nSPS) is 12.2. The van der Waals surface area contributed by atoms with Gasteiger partial charge in [0.1, 0.15) is 6.04 Å². The van der Waals surface area contributed by atoms with E-state index in [-0.39, 0.29) is 0 Å². The molecule has 0 bridgehead atoms. The number of carboxylic acids is 1. The molecule has 1 aromatic rings. The van der Waals surface area contributed by atoms with Gasteiger partial charge in [0, 0.05) is 12.2 Å². The van der Waals surface area contributed by atoms with Crippen LogP contribution in [0, 0.1) is 6.92 Å². The second-order valence-electron chi connectivity index (χ2n) is 4.24. The molecule has 0 fully saturated rings. The average molecular weight is 235 g/mol. The Morgan fingerprint density at radius 2 is 2.00 bits per heavy atom. The molecule has 0 heterocycles. The third-order valence-electron chi connectivity index (χ3n) is 2.94. The number of anilines is 1. The minimum Gasteiger partial charge on any atom is -0.480 e. The van der Waals surface area contributed by atoms with Gasteiger partial charge in [0.2, 0.25) is 0 Å². The van der Waals surface area contributed by atoms with Gasteiger partial charge in [-0.05, 0) is 31.4 Å². The topological polar surface area (TPSA) is 40.5 Å². The zero-order chi connectivity index (χ0) is 12.8. The summed E-state index contributed by atoms with van der Waals surface area (Å²) in [5, 5.41) is 9.28. The second kappa shape index (κ2) is 6.28. The molecule has 1 atom stereocenters. The predicted octanol–water partition coefficient (Wildman–Crippen LogP) is 3.07. The fourth-order valence-corrected chi connectivity index (χ4v) is 2.10. The summed E-state index contributed by atoms with van der Waals surface area (Å²) in [5.74, 6) is -0.746. The van der Waals surface area contributed by atoms with Gasteiger partial charge in [-0.3, -0.25) is 0 Å². The number of rotatable bonds is 6. The lowest BCUT2D eigenvalue weighted by Gasteiger charge is -2.31. The van der Waals surface area contributed by atoms with Gasteiger partial charge < -0.3 is 10.0 Å². The van der Waals surface area contributed by atoms with Crippen molar-refractivity contribution >= 4 is 11.7 Å². The first kappa shape index (κ1) is 13.6. The Labute approximate surface area is 103 Å². The number of para-hydroxylation sites is 1. The minimum atomic E-state index is -0.746. The second-order valence-corrected chi connectivity index (χ2v) is 4.24. The third-order valence-corrected chi connectivity index (χ3v) is 2.94. The molecule has 0 aromatic heterocycles. The Hall–Kier alpha value is -1.51. The van der Waals surface area contributed by atoms with Crippen LogP contribution in [0.25, 0.3) is 0 Å². The molecule has 1 rings (SSSR count). The molecule has 0 aliphatic rings. The maximum Gasteiger partial charge on any atom is 0.326 e. The summed E-state index contributed by atoms with van der Waals surface area (Å²) in [5.41, 5.74) is 2.16. The Morgan fingerprint density at radius 3 is 2.47 bits per heavy atom. The summed E-state index contributed by atoms with van der Waals surface area (Å²) < 4.78 is 0. The molecule has 0 aliphatic heterocycles. The highest BCUT2D eigenvalue weighted by Gasteiger charge is 2.24. The van der Waals surface area contributed by atoms with Crippen LogP contribution in [-0.4, -0.2) is 23.7 Å². The molecule has 0 radical (unpaired) electrons. The number of nitrogens with zero attached hydrogens (tertiary/aromatic N) is 1. The van der Waals surface area contributed by atoms with Crippen molar-refractivity contribution in [1.29, 1.82) is 0 Å². The highest BCUT2D eigenvalue weighted by molar-refractivity contribution is 5.78. The molecule has 0 amide bonds. The highest BCUT2D eigenvalue weighted by atomic mass is 16.4. The van der Waals surface area contributed by atoms with E-state index in [0.717, 1.165) is 24.2 Å². The van der Waals surface area contributed by atoms with E-state index >= 15 is 0 Å². The molecule has 0 saturated carbocycles. The van der Waals surface area contributed by atoms with Crippen molar-refractivity contribution in [2.24, 2.45) is 0 Å². The van der Waals surface area contributed by atoms with Gasteiger partial charge in [-0.25, -0.2) is 4.79 Å². The first-order valence-corrected chi connectivity index (χ1v) is 6.16. The van der Waals surface area contributed by atoms with Crippen LogP contribution in [0.15, 0.2) is 24.3 Å². The summed E-state index contributed by atoms with van der Waals surface area (Å²) in [6, 6.07) is 7.52. The summed E-state index contributed by atoms with van der Waals surface area (Å²) >= 11 is 0. The SMILES string of the molecule is CCCN(c1ccccc1C)[C@@H](CC)C(=O)O. The van der Waals surface area contributed by atoms with Crippen LogP contribution in [-0.2, 0) is 4.79 Å². The molecule has 3 heteroatoms. The van der Waals surface area contributed by atoms with E-state index in [0.29, 0.717) is 6.42 Å². The van der Waals surface area contributed by atoms with Gasteiger partial charge in [-0.15, -0.1) is 0 Å². The van der Waals surface area contributed by atoms with Gasteiger partial charge >= 0.3 is 5.97 Å². The van der Waals surface area contributed by atoms with E-state index in [1.165, 1.54) is 0 Å². The van der Waals surface area contributed by atoms with E-state index in [1.54, 1.807) is 0 Å². The number of hydrogen-bond donors (Lipinski definition) is 1. The monoisotopic (exact) mass is 235 g/mol. The molecule has 0 aliphatic carbocycles. The molecule has 1 N–H and O–H groups in total. The molecule has 94 valence electrons. The summed E-state index contributed by atoms with van der Waals surface area (Å²) in [6.07, 6.45) is 1.56. The van der Waals surface area contributed by atoms with Crippen LogP contribution in [0.4, 0.5) is 5.69 Å². The lowest BCUT2D eigenvalue weighted by atomic mass is 10.1. The highest BCUT2D eigenvalue weighted by Crippen LogP contribution is 2.23. The van der Waals surface area contributed by atoms with Crippen molar-refractivity contribution in [1.82, 2.24) is 0 Å². The average Bonchev–Trinajstić information content (AvgIpc) is 2.29. The van der Waals surface area contributed by atoms with E-state index in [1.807, 2.05) is 43.0 Å². The fourth-order valence-electron chi connectivity index (χ4n) is 2.10. The summed E-state index contributed by atoms with van der Waals surface area (Å²) in [4.78, 5) is 13.3. The number of carboxylic acid groups (broad SMARTS) is 1. The van der Waals surface area contributed by atoms with E-state index < -0.39 is 12.0 Å². The van der Waals surface area contributed by atoms with Gasteiger partial charge in [0.05, 0.1) is 0 Å². The van der Waals surface area contributed by atoms with Gasteiger partial charge in [-0.2, -0.15) is 0 Å². The maximum atomic E-state index is 11.3. The maximum absolute atomic E-state index is 11.3. The smallest absolute Gasteiger partial charge is 0.326 e. The van der Waals surface area contributed by atoms with Crippen LogP contribution >= 0.6 is 0 Å². The first-order chi connectivity index (χ1) is 8.11. The lowest BCUT2D eigenvalue weighted by molar-refractivity contribution is -0.138. The third kappa shape index (κ3) is 3.22. The van der Waals surface area contributed by atoms with Crippen LogP contribution in [0.1, 0.15) is 32.3 Å². The number of benzene rings is 1. The summed E-state index contributed by atoms with van der Waals surface area (Å²) in [6.45, 7) is 6.78. The number of aryl methyl sites for hydroxylation is 1. The van der Waals surface area contributed by atoms with Crippen LogP contribution in [0.5, 0.6) is 0 Å². The molecule has 0 spiro atoms. The number of hydrogen-bond acceptors (Lipinski definition) is 2. The predicted molar refractivity (Wildman–Crippen MR) is 70.5 cm³/mol. The zero-order valence-corrected chi connectivity index (χ0v) is 10.8. The standard InChI is InChI=1S/C14H21NO2/c1-4-10-15(12(5-2)14(16)17)13-9-7-6-8-11(13)3/h6-9,12H,4-5,10H2,1-3H3,(H,16,17)/t12-/m0/s1. The minimum absolute atomic E-state index is 0.434. The Balaban J connectivity index is 3.08. The molecule has 17 heavy (non-hydrogen) atoms. The van der Waals surface area contributed by atoms with Gasteiger partial charge in [0.15, 0.2) is 0 Å². The zero-order valence-electron chi connectivity index (χ0n) is 10.8. The van der Waals surface area contributed by atoms with E-state index in [4.69, 9.17) is 0 Å². The molecule has 0 saturated heterocycles. The molecular weight excluding hydrogens is 214 g/mol. The van der Waals surface area contributed by atoms with Gasteiger partial charge in [0.25, 0.3) is 0 Å². The fraction of sp³-hybridized carbons (Fsp3) is 0.500. The van der Waals surface area contributed by atoms with Gasteiger partial charge in [-0.1, -0.05) is 32.0 Å². The molecule has 3 nitrogen and oxygen atoms in total. The summed E-state index contributed by atoms with van der Waals surface area (Å²) in [7, 11) is 0. The molecular formula is C14H21NO2. The first-order valence-electron chi connectivity index (χ1n) is 6.16. The van der Waals surface area contributed by atoms with E-state index in [9.17, 15) is 9.90 Å². The number of carbonyl (C=O) groups is 1. The molecule has 1 aromatic carbocycles. The molecule has 0 unspecified atom stereocenters. The van der Waals surface area contributed by atoms with Crippen molar-refractivity contribution in [2.75, 3.05) is 11.4 Å². The van der Waals surface area contributed by atoms with Crippen molar-refractivity contribution in [2.45, 2.75) is 39.7 Å². The largest absolute Gasteiger partial charge is 0.480 e. The van der Waals surface area contributed by atoms with Crippen LogP contribution < -0.4 is 4.90 Å². The number of aliphatic carboxylic acids is 1. The Morgan fingerprint density at radius 1 is 1.35 bits per heavy atom. The Bertz CT molecular complexity index is 376. The van der Waals surface area contributed by atoms with Crippen molar-refractivity contribution in [3.05, 3.63) is 29.8 Å². The van der Waals surface area contributed by atoms with E-state index in [2.05, 4.69) is 6.92 Å². The Kier molecular flexibility index (Phi) is 5.01. The van der Waals surface area contributed by atoms with Crippen molar-refractivity contribution in [3.8, 4) is 0 Å². The lowest BCUT2D eigenvalue weighted by Crippen LogP contribution is -2.41. The quantitative estimate of drug-likeness (QED) is 0.823. The van der Waals surface area contributed by atoms with Crippen LogP contribution in [0.3, 0.4) is 0 Å². The van der Waals surface area contributed by atoms with Crippen molar-refractivity contribution in [3.63, 3.8) is 0 Å². The van der Waals surface area contributed by atoms with Crippen LogP contribution in [0.2, 0.25) is 0 Å². The van der Waals surface area contributed by atoms with Crippen molar-refractivity contribution < 1.29 is 9.90 Å².